The van der Waals surface area contributed by atoms with E-state index in [0.717, 1.165) is 11.9 Å². The first kappa shape index (κ1) is 8.90. The van der Waals surface area contributed by atoms with Crippen LogP contribution in [0, 0.1) is 0 Å². The second kappa shape index (κ2) is 11.0. The molecular formula is C3H4O2. The summed E-state index contributed by atoms with van der Waals surface area (Å²) < 4.78 is 0. The second-order valence-corrected chi connectivity index (χ2v) is 0.204. The van der Waals surface area contributed by atoms with Crippen molar-refractivity contribution in [3.05, 3.63) is 0 Å². The quantitative estimate of drug-likeness (QED) is 0.373. The van der Waals surface area contributed by atoms with Crippen LogP contribution in [0.4, 0.5) is 0 Å². The molecule has 0 heterocycles. The first-order valence-corrected chi connectivity index (χ1v) is 0.658. The molecule has 0 aliphatic heterocycles. The lowest BCUT2D eigenvalue weighted by molar-refractivity contribution is 0.552. The largest absolute Gasteiger partial charge is 0.221 e. The Kier molecular flexibility index (Phi) is 19.5. The number of hydrogen-bond donors (Lipinski definition) is 0. The fourth-order valence-corrected chi connectivity index (χ4v) is 0. The summed E-state index contributed by atoms with van der Waals surface area (Å²) in [5, 5.41) is 0. The van der Waals surface area contributed by atoms with Gasteiger partial charge < -0.3 is 0 Å². The molecule has 0 aliphatic rings. The van der Waals surface area contributed by atoms with Crippen LogP contribution >= 0.6 is 0 Å². The van der Waals surface area contributed by atoms with E-state index in [0.29, 0.717) is 0 Å². The smallest absolute Gasteiger partial charge is 0.221 e. The highest BCUT2D eigenvalue weighted by Gasteiger charge is 1.27. The first-order chi connectivity index (χ1) is 1.91. The van der Waals surface area contributed by atoms with Crippen LogP contribution in [-0.4, -0.2) is 11.9 Å². The van der Waals surface area contributed by atoms with Crippen LogP contribution in [0.1, 0.15) is 7.43 Å². The highest BCUT2D eigenvalue weighted by atomic mass is 16.1. The van der Waals surface area contributed by atoms with Gasteiger partial charge in [0.05, 0.1) is 0 Å². The van der Waals surface area contributed by atoms with Crippen LogP contribution in [-0.2, 0) is 9.59 Å². The summed E-state index contributed by atoms with van der Waals surface area (Å²) in [5.74, 6) is 1.75. The van der Waals surface area contributed by atoms with Gasteiger partial charge in [-0.1, -0.05) is 7.43 Å². The zero-order valence-corrected chi connectivity index (χ0v) is 1.82. The van der Waals surface area contributed by atoms with Crippen LogP contribution < -0.4 is 0 Å². The van der Waals surface area contributed by atoms with Crippen molar-refractivity contribution in [3.8, 4) is 0 Å². The molecule has 0 atom stereocenters. The average Bonchev–Trinajstić information content (AvgIpc) is 1.37. The lowest BCUT2D eigenvalue weighted by Gasteiger charge is -1.07. The summed E-state index contributed by atoms with van der Waals surface area (Å²) in [4.78, 5) is 17.2. The fraction of sp³-hybridized carbons (Fsp3) is 0.333. The van der Waals surface area contributed by atoms with E-state index in [4.69, 9.17) is 9.59 Å². The van der Waals surface area contributed by atoms with Crippen LogP contribution in [0.3, 0.4) is 0 Å². The average molecular weight is 72.1 g/mol. The van der Waals surface area contributed by atoms with Gasteiger partial charge in [0.15, 0.2) is 0 Å². The van der Waals surface area contributed by atoms with Gasteiger partial charge >= 0.3 is 0 Å². The normalized spacial score (nSPS) is 2.40. The standard InChI is InChI=1S/C2O2.CH4/c3-1-2-4;/h;1H4. The molecule has 0 aromatic carbocycles. The molecule has 0 spiro atoms. The van der Waals surface area contributed by atoms with E-state index >= 15 is 0 Å². The second-order valence-electron chi connectivity index (χ2n) is 0.204. The van der Waals surface area contributed by atoms with Crippen LogP contribution in [0.15, 0.2) is 0 Å². The molecule has 5 heavy (non-hydrogen) atoms. The summed E-state index contributed by atoms with van der Waals surface area (Å²) in [6.45, 7) is 0. The van der Waals surface area contributed by atoms with E-state index in [1.54, 1.807) is 0 Å². The van der Waals surface area contributed by atoms with Gasteiger partial charge in [0.2, 0.25) is 11.9 Å². The maximum atomic E-state index is 8.62. The molecule has 0 N–H and O–H groups in total. The summed E-state index contributed by atoms with van der Waals surface area (Å²) >= 11 is 0. The number of rotatable bonds is 0. The predicted molar refractivity (Wildman–Crippen MR) is 18.1 cm³/mol. The third kappa shape index (κ3) is 166. The van der Waals surface area contributed by atoms with E-state index in [-0.39, 0.29) is 7.43 Å². The Labute approximate surface area is 30.1 Å². The van der Waals surface area contributed by atoms with Crippen molar-refractivity contribution in [1.29, 1.82) is 0 Å². The van der Waals surface area contributed by atoms with Crippen molar-refractivity contribution >= 4 is 11.9 Å². The monoisotopic (exact) mass is 72.0 g/mol. The van der Waals surface area contributed by atoms with Crippen molar-refractivity contribution in [2.45, 2.75) is 7.43 Å². The van der Waals surface area contributed by atoms with Gasteiger partial charge in [-0.05, 0) is 0 Å². The van der Waals surface area contributed by atoms with Crippen molar-refractivity contribution in [1.82, 2.24) is 0 Å². The molecular weight excluding hydrogens is 68.0 g/mol. The molecule has 0 aliphatic carbocycles. The molecule has 0 aromatic rings. The van der Waals surface area contributed by atoms with Crippen LogP contribution in [0.5, 0.6) is 0 Å². The minimum atomic E-state index is 0. The van der Waals surface area contributed by atoms with E-state index < -0.39 is 0 Å². The zero-order valence-electron chi connectivity index (χ0n) is 1.82. The van der Waals surface area contributed by atoms with Crippen molar-refractivity contribution in [2.24, 2.45) is 0 Å². The molecule has 2 nitrogen and oxygen atoms in total. The Hall–Kier alpha value is -0.840. The summed E-state index contributed by atoms with van der Waals surface area (Å²) in [6, 6.07) is 0. The lowest BCUT2D eigenvalue weighted by atomic mass is 11.2. The lowest BCUT2D eigenvalue weighted by Crippen LogP contribution is -1.38. The maximum Gasteiger partial charge on any atom is 0.221 e. The molecule has 0 rings (SSSR count). The zero-order chi connectivity index (χ0) is 3.41. The molecule has 0 amide bonds. The van der Waals surface area contributed by atoms with Crippen molar-refractivity contribution in [3.63, 3.8) is 0 Å². The molecule has 2 heteroatoms. The maximum absolute atomic E-state index is 8.62. The van der Waals surface area contributed by atoms with Gasteiger partial charge in [-0.25, -0.2) is 9.59 Å². The summed E-state index contributed by atoms with van der Waals surface area (Å²) in [6.07, 6.45) is 0. The third-order valence-corrected chi connectivity index (χ3v) is 0.0417. The molecule has 0 saturated heterocycles. The first-order valence-electron chi connectivity index (χ1n) is 0.658. The molecule has 28 valence electrons. The molecule has 0 radical (unpaired) electrons. The van der Waals surface area contributed by atoms with Crippen molar-refractivity contribution in [2.75, 3.05) is 0 Å². The fourth-order valence-electron chi connectivity index (χ4n) is 0. The van der Waals surface area contributed by atoms with Gasteiger partial charge in [-0.15, -0.1) is 0 Å². The Bertz CT molecular complexity index is 55.0. The molecule has 0 unspecified atom stereocenters. The highest BCUT2D eigenvalue weighted by Crippen LogP contribution is 0.915. The summed E-state index contributed by atoms with van der Waals surface area (Å²) in [7, 11) is 0. The van der Waals surface area contributed by atoms with Gasteiger partial charge in [0, 0.05) is 0 Å². The van der Waals surface area contributed by atoms with Gasteiger partial charge in [-0.2, -0.15) is 0 Å². The minimum Gasteiger partial charge on any atom is -0.221 e. The number of carbonyl (C=O) groups excluding carboxylic acids is 2. The highest BCUT2D eigenvalue weighted by molar-refractivity contribution is 5.81. The molecule has 0 bridgehead atoms. The van der Waals surface area contributed by atoms with Crippen LogP contribution in [0.25, 0.3) is 0 Å². The molecule has 0 saturated carbocycles. The van der Waals surface area contributed by atoms with Gasteiger partial charge in [0.1, 0.15) is 0 Å². The SMILES string of the molecule is C.O=C=C=O. The third-order valence-electron chi connectivity index (χ3n) is 0.0417. The molecule has 0 fully saturated rings. The Morgan fingerprint density at radius 2 is 1.20 bits per heavy atom. The van der Waals surface area contributed by atoms with Gasteiger partial charge in [0.25, 0.3) is 0 Å². The Morgan fingerprint density at radius 3 is 1.20 bits per heavy atom. The van der Waals surface area contributed by atoms with Gasteiger partial charge in [-0.3, -0.25) is 0 Å². The summed E-state index contributed by atoms with van der Waals surface area (Å²) in [5.41, 5.74) is 0. The van der Waals surface area contributed by atoms with Crippen molar-refractivity contribution < 1.29 is 9.59 Å². The predicted octanol–water partition coefficient (Wildman–Crippen LogP) is -0.158. The van der Waals surface area contributed by atoms with E-state index in [9.17, 15) is 0 Å². The van der Waals surface area contributed by atoms with E-state index in [1.807, 2.05) is 0 Å². The Balaban J connectivity index is 0. The topological polar surface area (TPSA) is 34.1 Å². The Morgan fingerprint density at radius 1 is 1.00 bits per heavy atom. The van der Waals surface area contributed by atoms with E-state index in [1.165, 1.54) is 0 Å². The molecule has 0 aromatic heterocycles. The van der Waals surface area contributed by atoms with E-state index in [2.05, 4.69) is 0 Å². The number of hydrogen-bond acceptors (Lipinski definition) is 2. The van der Waals surface area contributed by atoms with Crippen LogP contribution in [0.2, 0.25) is 0 Å². The minimum absolute atomic E-state index is 0.